The molecule has 1 amide bonds. The Morgan fingerprint density at radius 3 is 2.62 bits per heavy atom. The second-order valence-corrected chi connectivity index (χ2v) is 9.33. The maximum atomic E-state index is 13.4. The summed E-state index contributed by atoms with van der Waals surface area (Å²) in [4.78, 5) is 32.9. The van der Waals surface area contributed by atoms with Gasteiger partial charge in [-0.15, -0.1) is 11.3 Å². The molecule has 3 heterocycles. The predicted molar refractivity (Wildman–Crippen MR) is 124 cm³/mol. The zero-order chi connectivity index (χ0) is 22.4. The molecule has 4 aromatic rings. The van der Waals surface area contributed by atoms with Gasteiger partial charge in [0.05, 0.1) is 15.8 Å². The Labute approximate surface area is 191 Å². The number of benzene rings is 2. The van der Waals surface area contributed by atoms with Gasteiger partial charge in [-0.25, -0.2) is 9.37 Å². The standard InChI is InChI=1S/C24H17FN2O3S2/c1-2-13-5-10-16-18(12-13)32-24(26-16)27-20(17-4-3-11-31-17)19(22(29)23(27)30)21(28)14-6-8-15(25)9-7-14/h3-12,20,28H,2H2,1H3/b21-19+. The van der Waals surface area contributed by atoms with Gasteiger partial charge in [-0.05, 0) is 59.8 Å². The average Bonchev–Trinajstić information content (AvgIpc) is 3.52. The van der Waals surface area contributed by atoms with Crippen LogP contribution < -0.4 is 4.90 Å². The van der Waals surface area contributed by atoms with Crippen molar-refractivity contribution in [1.82, 2.24) is 4.98 Å². The van der Waals surface area contributed by atoms with Crippen molar-refractivity contribution in [3.63, 3.8) is 0 Å². The fourth-order valence-corrected chi connectivity index (χ4v) is 5.67. The predicted octanol–water partition coefficient (Wildman–Crippen LogP) is 5.69. The largest absolute Gasteiger partial charge is 0.507 e. The number of anilines is 1. The van der Waals surface area contributed by atoms with Crippen molar-refractivity contribution in [3.05, 3.63) is 87.4 Å². The number of carbonyl (C=O) groups excluding carboxylic acids is 2. The maximum Gasteiger partial charge on any atom is 0.301 e. The summed E-state index contributed by atoms with van der Waals surface area (Å²) in [5.41, 5.74) is 2.13. The van der Waals surface area contributed by atoms with Crippen LogP contribution in [-0.2, 0) is 16.0 Å². The molecule has 2 aromatic carbocycles. The molecule has 5 nitrogen and oxygen atoms in total. The molecule has 2 aromatic heterocycles. The third kappa shape index (κ3) is 3.32. The molecule has 160 valence electrons. The highest BCUT2D eigenvalue weighted by Gasteiger charge is 2.48. The molecule has 32 heavy (non-hydrogen) atoms. The highest BCUT2D eigenvalue weighted by atomic mass is 32.1. The van der Waals surface area contributed by atoms with Crippen LogP contribution >= 0.6 is 22.7 Å². The topological polar surface area (TPSA) is 70.5 Å². The number of ketones is 1. The van der Waals surface area contributed by atoms with Crippen molar-refractivity contribution in [3.8, 4) is 0 Å². The first-order valence-electron chi connectivity index (χ1n) is 9.97. The van der Waals surface area contributed by atoms with Crippen molar-refractivity contribution in [1.29, 1.82) is 0 Å². The minimum Gasteiger partial charge on any atom is -0.507 e. The summed E-state index contributed by atoms with van der Waals surface area (Å²) >= 11 is 2.71. The lowest BCUT2D eigenvalue weighted by Crippen LogP contribution is -2.28. The van der Waals surface area contributed by atoms with E-state index in [-0.39, 0.29) is 16.9 Å². The number of hydrogen-bond acceptors (Lipinski definition) is 6. The molecule has 1 atom stereocenters. The van der Waals surface area contributed by atoms with Gasteiger partial charge in [0, 0.05) is 10.4 Å². The van der Waals surface area contributed by atoms with Crippen LogP contribution in [0, 0.1) is 5.82 Å². The number of carbonyl (C=O) groups is 2. The lowest BCUT2D eigenvalue weighted by Gasteiger charge is -2.21. The molecule has 1 fully saturated rings. The van der Waals surface area contributed by atoms with E-state index in [0.29, 0.717) is 5.13 Å². The molecule has 1 unspecified atom stereocenters. The fraction of sp³-hybridized carbons (Fsp3) is 0.125. The van der Waals surface area contributed by atoms with Crippen molar-refractivity contribution in [2.45, 2.75) is 19.4 Å². The summed E-state index contributed by atoms with van der Waals surface area (Å²) in [6.07, 6.45) is 0.876. The van der Waals surface area contributed by atoms with Crippen LogP contribution in [0.3, 0.4) is 0 Å². The highest BCUT2D eigenvalue weighted by Crippen LogP contribution is 2.45. The Hall–Kier alpha value is -3.36. The van der Waals surface area contributed by atoms with Crippen LogP contribution in [0.25, 0.3) is 16.0 Å². The highest BCUT2D eigenvalue weighted by molar-refractivity contribution is 7.22. The Morgan fingerprint density at radius 1 is 1.16 bits per heavy atom. The summed E-state index contributed by atoms with van der Waals surface area (Å²) in [5, 5.41) is 13.2. The van der Waals surface area contributed by atoms with E-state index in [1.165, 1.54) is 51.8 Å². The summed E-state index contributed by atoms with van der Waals surface area (Å²) < 4.78 is 14.3. The number of aliphatic hydroxyl groups is 1. The summed E-state index contributed by atoms with van der Waals surface area (Å²) in [7, 11) is 0. The van der Waals surface area contributed by atoms with Crippen molar-refractivity contribution >= 4 is 55.5 Å². The van der Waals surface area contributed by atoms with Crippen molar-refractivity contribution in [2.24, 2.45) is 0 Å². The normalized spacial score (nSPS) is 18.1. The number of hydrogen-bond donors (Lipinski definition) is 1. The molecular weight excluding hydrogens is 447 g/mol. The van der Waals surface area contributed by atoms with Gasteiger partial charge >= 0.3 is 5.91 Å². The summed E-state index contributed by atoms with van der Waals surface area (Å²) in [6.45, 7) is 2.06. The van der Waals surface area contributed by atoms with E-state index in [9.17, 15) is 19.1 Å². The first-order chi connectivity index (χ1) is 15.5. The van der Waals surface area contributed by atoms with E-state index in [0.717, 1.165) is 27.1 Å². The van der Waals surface area contributed by atoms with Gasteiger partial charge in [0.15, 0.2) is 5.13 Å². The Morgan fingerprint density at radius 2 is 1.94 bits per heavy atom. The van der Waals surface area contributed by atoms with Crippen LogP contribution in [0.1, 0.15) is 29.0 Å². The van der Waals surface area contributed by atoms with Crippen molar-refractivity contribution < 1.29 is 19.1 Å². The smallest absolute Gasteiger partial charge is 0.301 e. The number of thiophene rings is 1. The van der Waals surface area contributed by atoms with E-state index in [1.54, 1.807) is 0 Å². The molecule has 5 rings (SSSR count). The third-order valence-corrected chi connectivity index (χ3v) is 7.37. The van der Waals surface area contributed by atoms with Crippen molar-refractivity contribution in [2.75, 3.05) is 4.90 Å². The monoisotopic (exact) mass is 464 g/mol. The van der Waals surface area contributed by atoms with Gasteiger partial charge in [-0.1, -0.05) is 30.4 Å². The van der Waals surface area contributed by atoms with E-state index < -0.39 is 23.5 Å². The second kappa shape index (κ2) is 7.96. The molecule has 1 aliphatic rings. The lowest BCUT2D eigenvalue weighted by molar-refractivity contribution is -0.132. The van der Waals surface area contributed by atoms with E-state index >= 15 is 0 Å². The van der Waals surface area contributed by atoms with Crippen LogP contribution in [0.5, 0.6) is 0 Å². The van der Waals surface area contributed by atoms with Crippen LogP contribution in [0.2, 0.25) is 0 Å². The van der Waals surface area contributed by atoms with Gasteiger partial charge in [0.1, 0.15) is 17.6 Å². The SMILES string of the molecule is CCc1ccc2nc(N3C(=O)C(=O)/C(=C(/O)c4ccc(F)cc4)C3c3cccs3)sc2c1. The van der Waals surface area contributed by atoms with E-state index in [2.05, 4.69) is 11.9 Å². The van der Waals surface area contributed by atoms with E-state index in [1.807, 2.05) is 35.7 Å². The lowest BCUT2D eigenvalue weighted by atomic mass is 10.00. The molecule has 1 N–H and O–H groups in total. The van der Waals surface area contributed by atoms with Gasteiger partial charge in [-0.2, -0.15) is 0 Å². The number of aromatic nitrogens is 1. The number of thiazole rings is 1. The number of Topliss-reactive ketones (excluding diaryl/α,β-unsaturated/α-hetero) is 1. The quantitative estimate of drug-likeness (QED) is 0.239. The zero-order valence-corrected chi connectivity index (χ0v) is 18.5. The number of aliphatic hydroxyl groups excluding tert-OH is 1. The van der Waals surface area contributed by atoms with E-state index in [4.69, 9.17) is 0 Å². The van der Waals surface area contributed by atoms with Crippen LogP contribution in [0.4, 0.5) is 9.52 Å². The Bertz CT molecular complexity index is 1370. The minimum atomic E-state index is -0.814. The van der Waals surface area contributed by atoms with Crippen LogP contribution in [0.15, 0.2) is 65.6 Å². The molecule has 1 aliphatic heterocycles. The fourth-order valence-electron chi connectivity index (χ4n) is 3.79. The Balaban J connectivity index is 1.69. The molecule has 0 bridgehead atoms. The number of amides is 1. The second-order valence-electron chi connectivity index (χ2n) is 7.34. The molecule has 1 saturated heterocycles. The number of rotatable bonds is 4. The summed E-state index contributed by atoms with van der Waals surface area (Å²) in [6, 6.07) is 13.9. The van der Waals surface area contributed by atoms with Crippen LogP contribution in [-0.4, -0.2) is 21.8 Å². The number of nitrogens with zero attached hydrogens (tertiary/aromatic N) is 2. The average molecular weight is 465 g/mol. The van der Waals surface area contributed by atoms with Gasteiger partial charge in [0.2, 0.25) is 0 Å². The first kappa shape index (κ1) is 20.5. The maximum absolute atomic E-state index is 13.4. The van der Waals surface area contributed by atoms with Gasteiger partial charge in [0.25, 0.3) is 5.78 Å². The molecule has 0 saturated carbocycles. The summed E-state index contributed by atoms with van der Waals surface area (Å²) in [5.74, 6) is -2.34. The first-order valence-corrected chi connectivity index (χ1v) is 11.7. The molecule has 0 radical (unpaired) electrons. The number of halogens is 1. The number of aryl methyl sites for hydroxylation is 1. The molecular formula is C24H17FN2O3S2. The number of fused-ring (bicyclic) bond motifs is 1. The Kier molecular flexibility index (Phi) is 5.11. The third-order valence-electron chi connectivity index (χ3n) is 5.43. The minimum absolute atomic E-state index is 0.0300. The zero-order valence-electron chi connectivity index (χ0n) is 16.9. The van der Waals surface area contributed by atoms with Gasteiger partial charge in [-0.3, -0.25) is 14.5 Å². The molecule has 0 spiro atoms. The molecule has 8 heteroatoms. The van der Waals surface area contributed by atoms with Gasteiger partial charge < -0.3 is 5.11 Å². The molecule has 0 aliphatic carbocycles.